The first-order chi connectivity index (χ1) is 9.01. The number of thioether (sulfide) groups is 1. The third kappa shape index (κ3) is 3.87. The minimum absolute atomic E-state index is 0.0395. The molecule has 0 spiro atoms. The predicted molar refractivity (Wildman–Crippen MR) is 80.7 cm³/mol. The molecule has 6 heteroatoms. The Kier molecular flexibility index (Phi) is 4.76. The summed E-state index contributed by atoms with van der Waals surface area (Å²) < 4.78 is 27.4. The van der Waals surface area contributed by atoms with Crippen LogP contribution in [0.25, 0.3) is 0 Å². The summed E-state index contributed by atoms with van der Waals surface area (Å²) in [5.41, 5.74) is 6.10. The van der Waals surface area contributed by atoms with Crippen LogP contribution in [0.4, 0.5) is 5.69 Å². The average molecular weight is 300 g/mol. The van der Waals surface area contributed by atoms with Gasteiger partial charge in [0, 0.05) is 17.0 Å². The molecule has 1 aliphatic carbocycles. The van der Waals surface area contributed by atoms with E-state index >= 15 is 0 Å². The van der Waals surface area contributed by atoms with Gasteiger partial charge in [-0.25, -0.2) is 13.1 Å². The molecule has 1 aromatic rings. The molecule has 19 heavy (non-hydrogen) atoms. The van der Waals surface area contributed by atoms with Gasteiger partial charge < -0.3 is 5.73 Å². The molecule has 1 aliphatic rings. The van der Waals surface area contributed by atoms with Crippen molar-refractivity contribution in [3.05, 3.63) is 24.3 Å². The van der Waals surface area contributed by atoms with Crippen molar-refractivity contribution in [3.63, 3.8) is 0 Å². The highest BCUT2D eigenvalue weighted by atomic mass is 32.2. The standard InChI is InChI=1S/C13H20N2O2S2/c1-18-12-6-3-5-11(9-12)15-19(16,17)13-7-2-4-10(14)8-13/h2,4,7-8,11-12,15H,3,5-6,9,14H2,1H3. The van der Waals surface area contributed by atoms with Crippen molar-refractivity contribution in [3.8, 4) is 0 Å². The zero-order valence-electron chi connectivity index (χ0n) is 11.0. The van der Waals surface area contributed by atoms with Crippen molar-refractivity contribution in [2.24, 2.45) is 0 Å². The normalized spacial score (nSPS) is 24.3. The van der Waals surface area contributed by atoms with Crippen LogP contribution in [-0.2, 0) is 10.0 Å². The van der Waals surface area contributed by atoms with Crippen LogP contribution in [0, 0.1) is 0 Å². The SMILES string of the molecule is CSC1CCCC(NS(=O)(=O)c2cccc(N)c2)C1. The van der Waals surface area contributed by atoms with Gasteiger partial charge in [-0.3, -0.25) is 0 Å². The van der Waals surface area contributed by atoms with Crippen LogP contribution < -0.4 is 10.5 Å². The maximum absolute atomic E-state index is 12.3. The Bertz CT molecular complexity index is 531. The van der Waals surface area contributed by atoms with E-state index in [1.165, 1.54) is 12.5 Å². The first kappa shape index (κ1) is 14.7. The minimum Gasteiger partial charge on any atom is -0.399 e. The number of nitrogens with two attached hydrogens (primary N) is 1. The molecule has 0 heterocycles. The van der Waals surface area contributed by atoms with Crippen LogP contribution in [-0.4, -0.2) is 26.0 Å². The molecular formula is C13H20N2O2S2. The number of benzene rings is 1. The molecule has 0 saturated heterocycles. The summed E-state index contributed by atoms with van der Waals surface area (Å²) in [4.78, 5) is 0.249. The fourth-order valence-electron chi connectivity index (χ4n) is 2.44. The Morgan fingerprint density at radius 1 is 1.37 bits per heavy atom. The summed E-state index contributed by atoms with van der Waals surface area (Å²) in [5.74, 6) is 0. The average Bonchev–Trinajstić information content (AvgIpc) is 2.38. The lowest BCUT2D eigenvalue weighted by molar-refractivity contribution is 0.421. The Balaban J connectivity index is 2.09. The zero-order chi connectivity index (χ0) is 13.9. The Morgan fingerprint density at radius 2 is 2.16 bits per heavy atom. The summed E-state index contributed by atoms with van der Waals surface area (Å²) in [6, 6.07) is 6.46. The summed E-state index contributed by atoms with van der Waals surface area (Å²) in [5, 5.41) is 0.558. The van der Waals surface area contributed by atoms with E-state index in [-0.39, 0.29) is 10.9 Å². The third-order valence-corrected chi connectivity index (χ3v) is 6.06. The van der Waals surface area contributed by atoms with Crippen molar-refractivity contribution in [1.82, 2.24) is 4.72 Å². The zero-order valence-corrected chi connectivity index (χ0v) is 12.6. The quantitative estimate of drug-likeness (QED) is 0.836. The first-order valence-electron chi connectivity index (χ1n) is 6.42. The van der Waals surface area contributed by atoms with E-state index in [9.17, 15) is 8.42 Å². The van der Waals surface area contributed by atoms with Crippen molar-refractivity contribution in [2.75, 3.05) is 12.0 Å². The Labute approximate surface area is 119 Å². The number of hydrogen-bond donors (Lipinski definition) is 2. The number of anilines is 1. The number of rotatable bonds is 4. The molecule has 0 amide bonds. The van der Waals surface area contributed by atoms with Crippen LogP contribution in [0.5, 0.6) is 0 Å². The van der Waals surface area contributed by atoms with Gasteiger partial charge in [-0.05, 0) is 43.7 Å². The molecule has 1 fully saturated rings. The predicted octanol–water partition coefficient (Wildman–Crippen LogP) is 2.22. The molecule has 1 saturated carbocycles. The monoisotopic (exact) mass is 300 g/mol. The highest BCUT2D eigenvalue weighted by Crippen LogP contribution is 2.28. The molecule has 2 rings (SSSR count). The van der Waals surface area contributed by atoms with Crippen molar-refractivity contribution in [1.29, 1.82) is 0 Å². The molecule has 0 aromatic heterocycles. The Morgan fingerprint density at radius 3 is 2.84 bits per heavy atom. The first-order valence-corrected chi connectivity index (χ1v) is 9.19. The van der Waals surface area contributed by atoms with Gasteiger partial charge in [0.05, 0.1) is 4.90 Å². The second kappa shape index (κ2) is 6.15. The van der Waals surface area contributed by atoms with E-state index in [0.717, 1.165) is 19.3 Å². The van der Waals surface area contributed by atoms with Gasteiger partial charge >= 0.3 is 0 Å². The van der Waals surface area contributed by atoms with Crippen molar-refractivity contribution >= 4 is 27.5 Å². The molecule has 2 atom stereocenters. The van der Waals surface area contributed by atoms with Crippen molar-refractivity contribution < 1.29 is 8.42 Å². The van der Waals surface area contributed by atoms with E-state index in [4.69, 9.17) is 5.73 Å². The maximum atomic E-state index is 12.3. The fraction of sp³-hybridized carbons (Fsp3) is 0.538. The lowest BCUT2D eigenvalue weighted by atomic mass is 9.96. The van der Waals surface area contributed by atoms with E-state index < -0.39 is 10.0 Å². The van der Waals surface area contributed by atoms with Crippen LogP contribution in [0.2, 0.25) is 0 Å². The molecule has 1 aromatic carbocycles. The van der Waals surface area contributed by atoms with E-state index in [1.807, 2.05) is 11.8 Å². The number of nitrogen functional groups attached to an aromatic ring is 1. The molecular weight excluding hydrogens is 280 g/mol. The molecule has 0 radical (unpaired) electrons. The number of sulfonamides is 1. The van der Waals surface area contributed by atoms with Crippen LogP contribution in [0.3, 0.4) is 0 Å². The molecule has 0 bridgehead atoms. The smallest absolute Gasteiger partial charge is 0.240 e. The fourth-order valence-corrected chi connectivity index (χ4v) is 4.60. The second-order valence-electron chi connectivity index (χ2n) is 4.92. The highest BCUT2D eigenvalue weighted by Gasteiger charge is 2.26. The van der Waals surface area contributed by atoms with Crippen LogP contribution in [0.1, 0.15) is 25.7 Å². The number of nitrogens with one attached hydrogen (secondary N) is 1. The van der Waals surface area contributed by atoms with Gasteiger partial charge in [0.1, 0.15) is 0 Å². The summed E-state index contributed by atoms with van der Waals surface area (Å²) >= 11 is 1.82. The lowest BCUT2D eigenvalue weighted by Gasteiger charge is -2.28. The van der Waals surface area contributed by atoms with E-state index in [2.05, 4.69) is 11.0 Å². The molecule has 106 valence electrons. The van der Waals surface area contributed by atoms with Crippen molar-refractivity contribution in [2.45, 2.75) is 41.9 Å². The summed E-state index contributed by atoms with van der Waals surface area (Å²) in [6.45, 7) is 0. The van der Waals surface area contributed by atoms with Gasteiger partial charge in [0.25, 0.3) is 0 Å². The van der Waals surface area contributed by atoms with Crippen LogP contribution in [0.15, 0.2) is 29.2 Å². The molecule has 3 N–H and O–H groups in total. The van der Waals surface area contributed by atoms with Gasteiger partial charge in [-0.15, -0.1) is 0 Å². The van der Waals surface area contributed by atoms with Gasteiger partial charge in [-0.2, -0.15) is 11.8 Å². The highest BCUT2D eigenvalue weighted by molar-refractivity contribution is 7.99. The van der Waals surface area contributed by atoms with Gasteiger partial charge in [-0.1, -0.05) is 12.5 Å². The lowest BCUT2D eigenvalue weighted by Crippen LogP contribution is -2.39. The minimum atomic E-state index is -3.45. The summed E-state index contributed by atoms with van der Waals surface area (Å²) in [6.07, 6.45) is 6.16. The summed E-state index contributed by atoms with van der Waals surface area (Å²) in [7, 11) is -3.45. The second-order valence-corrected chi connectivity index (χ2v) is 7.77. The van der Waals surface area contributed by atoms with Gasteiger partial charge in [0.15, 0.2) is 0 Å². The van der Waals surface area contributed by atoms with E-state index in [1.54, 1.807) is 18.2 Å². The molecule has 4 nitrogen and oxygen atoms in total. The third-order valence-electron chi connectivity index (χ3n) is 3.45. The van der Waals surface area contributed by atoms with Gasteiger partial charge in [0.2, 0.25) is 10.0 Å². The topological polar surface area (TPSA) is 72.2 Å². The van der Waals surface area contributed by atoms with E-state index in [0.29, 0.717) is 10.9 Å². The molecule has 2 unspecified atom stereocenters. The largest absolute Gasteiger partial charge is 0.399 e. The maximum Gasteiger partial charge on any atom is 0.240 e. The molecule has 0 aliphatic heterocycles. The Hall–Kier alpha value is -0.720. The van der Waals surface area contributed by atoms with Crippen LogP contribution >= 0.6 is 11.8 Å². The number of hydrogen-bond acceptors (Lipinski definition) is 4.